The van der Waals surface area contributed by atoms with Gasteiger partial charge in [-0.1, -0.05) is 111 Å². The number of methoxy groups -OCH3 is 1. The lowest BCUT2D eigenvalue weighted by molar-refractivity contribution is -0.0930. The van der Waals surface area contributed by atoms with E-state index in [0.717, 1.165) is 28.0 Å². The van der Waals surface area contributed by atoms with E-state index >= 15 is 0 Å². The van der Waals surface area contributed by atoms with Gasteiger partial charge in [0.05, 0.1) is 20.0 Å². The van der Waals surface area contributed by atoms with E-state index in [4.69, 9.17) is 18.6 Å². The van der Waals surface area contributed by atoms with E-state index in [0.29, 0.717) is 16.7 Å². The molecule has 23 heteroatoms. The first-order valence-electron chi connectivity index (χ1n) is 20.5. The van der Waals surface area contributed by atoms with Crippen molar-refractivity contribution in [2.45, 2.75) is 76.0 Å². The molecule has 0 spiro atoms. The Bertz CT molecular complexity index is 3020. The van der Waals surface area contributed by atoms with Crippen molar-refractivity contribution in [1.82, 2.24) is 19.5 Å². The van der Waals surface area contributed by atoms with Crippen molar-refractivity contribution in [3.05, 3.63) is 150 Å². The second-order valence-electron chi connectivity index (χ2n) is 16.3. The van der Waals surface area contributed by atoms with Crippen LogP contribution in [0, 0.1) is 6.92 Å². The highest BCUT2D eigenvalue weighted by molar-refractivity contribution is 8.74. The number of aliphatic hydroxyl groups is 1. The van der Waals surface area contributed by atoms with E-state index in [2.05, 4.69) is 120 Å². The van der Waals surface area contributed by atoms with Crippen molar-refractivity contribution < 1.29 is 28.5 Å². The van der Waals surface area contributed by atoms with Crippen LogP contribution in [-0.2, 0) is 122 Å². The maximum Gasteiger partial charge on any atom is 0.256 e. The molecule has 2 unspecified atom stereocenters. The number of hydrogen-bond donors (Lipinski definition) is 2. The molecule has 5 atom stereocenters. The van der Waals surface area contributed by atoms with E-state index < -0.39 is 38.5 Å². The molecule has 3 heterocycles. The van der Waals surface area contributed by atoms with Gasteiger partial charge in [-0.05, 0) is 66.0 Å². The van der Waals surface area contributed by atoms with Crippen molar-refractivity contribution in [3.8, 4) is 5.75 Å². The van der Waals surface area contributed by atoms with E-state index in [1.54, 1.807) is 104 Å². The summed E-state index contributed by atoms with van der Waals surface area (Å²) < 4.78 is 28.3. The first-order valence-corrected chi connectivity index (χ1v) is 36.7. The normalized spacial score (nSPS) is 17.7. The second kappa shape index (κ2) is 25.3. The van der Waals surface area contributed by atoms with Crippen molar-refractivity contribution in [3.63, 3.8) is 0 Å². The Balaban J connectivity index is 0.000000598. The molecule has 4 aromatic carbocycles. The smallest absolute Gasteiger partial charge is 0.256 e. The Morgan fingerprint density at radius 2 is 1.34 bits per heavy atom. The number of aliphatic hydroxyl groups excluding tert-OH is 1. The third-order valence-corrected chi connectivity index (χ3v) is 33.5. The summed E-state index contributed by atoms with van der Waals surface area (Å²) in [7, 11) is 13.7. The highest BCUT2D eigenvalue weighted by Gasteiger charge is 2.52. The second-order valence-corrected chi connectivity index (χ2v) is 37.0. The molecule has 2 aromatic heterocycles. The zero-order valence-corrected chi connectivity index (χ0v) is 47.3. The number of rotatable bonds is 12. The predicted octanol–water partition coefficient (Wildman–Crippen LogP) is 8.03. The van der Waals surface area contributed by atoms with Gasteiger partial charge < -0.3 is 29.1 Å². The molecule has 356 valence electrons. The van der Waals surface area contributed by atoms with Gasteiger partial charge in [-0.15, -0.1) is 0 Å². The molecule has 1 aliphatic heterocycles. The molecule has 1 fully saturated rings. The minimum Gasteiger partial charge on any atom is -0.497 e. The van der Waals surface area contributed by atoms with Crippen molar-refractivity contribution in [2.24, 2.45) is 0 Å². The standard InChI is InChI=1S/C44H49N5O6Si.S11/c1-29-18-20-32(21-19-29)44(31-16-12-9-13-17-31,33-22-24-34(52-5)25-23-33)53-26-35-38(55-56(6,7)43(2,3)4)37(50)42(54-35)49-28-47-36-39(45-27-46-40(36)49)48-41(51)30-14-10-8-11-15-30;1-3-5-7-9-11-10-8-6-4-2/h8-25,27-28,35,37-38,42,50H,26H2,1-7H3,(H,45,46,48,51);/t35-,37+,38?,42-,44?;/m1./s1. The van der Waals surface area contributed by atoms with E-state index in [9.17, 15) is 9.90 Å². The number of aromatic nitrogens is 4. The number of ether oxygens (including phenoxy) is 3. The Morgan fingerprint density at radius 1 is 0.791 bits per heavy atom. The number of fused-ring (bicyclic) bond motifs is 1. The minimum absolute atomic E-state index is 0.0572. The first kappa shape index (κ1) is 53.5. The molecular weight excluding hydrogens is 1080 g/mol. The van der Waals surface area contributed by atoms with Crippen LogP contribution in [0.5, 0.6) is 5.75 Å². The van der Waals surface area contributed by atoms with Crippen LogP contribution in [0.1, 0.15) is 59.6 Å². The van der Waals surface area contributed by atoms with Crippen molar-refractivity contribution >= 4 is 134 Å². The average Bonchev–Trinajstić information content (AvgIpc) is 3.90. The molecule has 11 nitrogen and oxygen atoms in total. The number of anilines is 1. The Labute approximate surface area is 427 Å². The number of amides is 1. The summed E-state index contributed by atoms with van der Waals surface area (Å²) >= 11 is 9.35. The third-order valence-electron chi connectivity index (χ3n) is 11.3. The van der Waals surface area contributed by atoms with Gasteiger partial charge in [0, 0.05) is 108 Å². The summed E-state index contributed by atoms with van der Waals surface area (Å²) in [6.07, 6.45) is -0.638. The molecule has 0 radical (unpaired) electrons. The number of aryl methyl sites for hydroxylation is 1. The monoisotopic (exact) mass is 1120 g/mol. The van der Waals surface area contributed by atoms with Crippen LogP contribution in [0.15, 0.2) is 122 Å². The fraction of sp³-hybridized carbons (Fsp3) is 0.318. The molecule has 1 amide bonds. The molecular formula is C44H49N5O6S11Si. The molecule has 0 saturated carbocycles. The van der Waals surface area contributed by atoms with Gasteiger partial charge in [0.15, 0.2) is 31.5 Å². The molecule has 1 aliphatic rings. The molecule has 67 heavy (non-hydrogen) atoms. The summed E-state index contributed by atoms with van der Waals surface area (Å²) in [5.41, 5.74) is 4.02. The van der Waals surface area contributed by atoms with E-state index in [1.807, 2.05) is 48.5 Å². The minimum atomic E-state index is -2.47. The number of hydrogen-bond acceptors (Lipinski definition) is 11. The lowest BCUT2D eigenvalue weighted by Crippen LogP contribution is -2.50. The van der Waals surface area contributed by atoms with E-state index in [-0.39, 0.29) is 23.4 Å². The highest BCUT2D eigenvalue weighted by atomic mass is 33.4. The van der Waals surface area contributed by atoms with Gasteiger partial charge >= 0.3 is 0 Å². The number of benzene rings is 4. The number of nitrogens with zero attached hydrogens (tertiary/aromatic N) is 4. The predicted molar refractivity (Wildman–Crippen MR) is 299 cm³/mol. The zero-order chi connectivity index (χ0) is 48.0. The maximum absolute atomic E-state index is 13.1. The van der Waals surface area contributed by atoms with Gasteiger partial charge in [-0.25, -0.2) is 15.0 Å². The molecule has 7 rings (SSSR count). The van der Waals surface area contributed by atoms with Crippen LogP contribution in [0.4, 0.5) is 5.82 Å². The first-order chi connectivity index (χ1) is 32.2. The molecule has 1 saturated heterocycles. The van der Waals surface area contributed by atoms with Crippen LogP contribution in [0.3, 0.4) is 0 Å². The van der Waals surface area contributed by atoms with Gasteiger partial charge in [0.2, 0.25) is 0 Å². The Morgan fingerprint density at radius 3 is 1.91 bits per heavy atom. The van der Waals surface area contributed by atoms with Gasteiger partial charge in [0.25, 0.3) is 5.91 Å². The van der Waals surface area contributed by atoms with Crippen LogP contribution in [0.25, 0.3) is 11.2 Å². The quantitative estimate of drug-likeness (QED) is 0.0914. The van der Waals surface area contributed by atoms with Gasteiger partial charge in [0.1, 0.15) is 36.0 Å². The van der Waals surface area contributed by atoms with E-state index in [1.165, 1.54) is 24.1 Å². The maximum atomic E-state index is 13.1. The average molecular weight is 1120 g/mol. The van der Waals surface area contributed by atoms with Crippen LogP contribution < -0.4 is 10.1 Å². The Kier molecular flexibility index (Phi) is 20.2. The third kappa shape index (κ3) is 13.5. The van der Waals surface area contributed by atoms with Crippen molar-refractivity contribution in [1.29, 1.82) is 0 Å². The Hall–Kier alpha value is -2.82. The van der Waals surface area contributed by atoms with Crippen LogP contribution in [0.2, 0.25) is 18.1 Å². The molecule has 6 aromatic rings. The number of carbonyl (C=O) groups is 1. The highest BCUT2D eigenvalue weighted by Crippen LogP contribution is 2.45. The number of nitrogens with one attached hydrogen (secondary N) is 1. The van der Waals surface area contributed by atoms with Crippen molar-refractivity contribution in [2.75, 3.05) is 19.0 Å². The number of carbonyl (C=O) groups excluding carboxylic acids is 1. The fourth-order valence-electron chi connectivity index (χ4n) is 6.97. The zero-order valence-electron chi connectivity index (χ0n) is 37.3. The van der Waals surface area contributed by atoms with Crippen LogP contribution in [-0.4, -0.2) is 70.9 Å². The summed E-state index contributed by atoms with van der Waals surface area (Å²) in [4.78, 5) is 26.5. The van der Waals surface area contributed by atoms with Gasteiger partial charge in [-0.2, -0.15) is 0 Å². The topological polar surface area (TPSA) is 130 Å². The largest absolute Gasteiger partial charge is 0.497 e. The summed E-state index contributed by atoms with van der Waals surface area (Å²) in [5, 5.41) is 15.0. The lowest BCUT2D eigenvalue weighted by atomic mass is 9.79. The molecule has 0 aliphatic carbocycles. The van der Waals surface area contributed by atoms with Crippen LogP contribution >= 0.6 is 0 Å². The molecule has 2 N–H and O–H groups in total. The fourth-order valence-corrected chi connectivity index (χ4v) is 27.5. The lowest BCUT2D eigenvalue weighted by Gasteiger charge is -2.41. The molecule has 0 bridgehead atoms. The summed E-state index contributed by atoms with van der Waals surface area (Å²) in [5.74, 6) is 0.644. The summed E-state index contributed by atoms with van der Waals surface area (Å²) in [6.45, 7) is 12.9. The van der Waals surface area contributed by atoms with Gasteiger partial charge in [-0.3, -0.25) is 9.36 Å². The summed E-state index contributed by atoms with van der Waals surface area (Å²) in [6, 6.07) is 35.2. The number of imidazole rings is 1. The SMILES string of the molecule is COc1ccc(C(OC[C@H]2O[C@@H](n3cnc4c(NC(=O)c5ccccc5)ncnc43)[C@@H](O)C2O[Si](C)(C)C(C)(C)C)(c2ccccc2)c2ccc(C)cc2)cc1.S=S=S=S=S=S=S=S=S=S=S.